The normalized spacial score (nSPS) is 11.0. The van der Waals surface area contributed by atoms with E-state index in [-0.39, 0.29) is 0 Å². The topological polar surface area (TPSA) is 60.9 Å². The summed E-state index contributed by atoms with van der Waals surface area (Å²) in [7, 11) is 0. The predicted octanol–water partition coefficient (Wildman–Crippen LogP) is 4.39. The first-order valence-electron chi connectivity index (χ1n) is 8.20. The number of benzene rings is 2. The van der Waals surface area contributed by atoms with Crippen LogP contribution in [0.2, 0.25) is 0 Å². The molecule has 0 saturated heterocycles. The summed E-state index contributed by atoms with van der Waals surface area (Å²) in [6, 6.07) is 15.8. The number of carbonyl (C=O) groups is 1. The fourth-order valence-electron chi connectivity index (χ4n) is 2.69. The number of primary amides is 1. The Balaban J connectivity index is 1.80. The summed E-state index contributed by atoms with van der Waals surface area (Å²) in [5.74, 6) is 0.817. The van der Waals surface area contributed by atoms with Gasteiger partial charge in [0.25, 0.3) is 0 Å². The molecule has 5 heteroatoms. The molecule has 128 valence electrons. The van der Waals surface area contributed by atoms with Crippen LogP contribution in [0, 0.1) is 0 Å². The number of hydrogen-bond acceptors (Lipinski definition) is 3. The number of nitrogens with two attached hydrogens (primary N) is 1. The Kier molecular flexibility index (Phi) is 5.24. The Bertz CT molecular complexity index is 869. The average molecular weight is 351 g/mol. The zero-order chi connectivity index (χ0) is 17.8. The molecule has 0 aliphatic rings. The summed E-state index contributed by atoms with van der Waals surface area (Å²) >= 11 is 1.67. The van der Waals surface area contributed by atoms with Crippen LogP contribution in [0.3, 0.4) is 0 Å². The first-order chi connectivity index (χ1) is 12.1. The molecule has 2 N–H and O–H groups in total. The van der Waals surface area contributed by atoms with Crippen LogP contribution in [0.1, 0.15) is 41.3 Å². The van der Waals surface area contributed by atoms with E-state index in [0.717, 1.165) is 16.5 Å². The third kappa shape index (κ3) is 3.94. The van der Waals surface area contributed by atoms with E-state index in [0.29, 0.717) is 11.5 Å². The molecule has 2 aromatic carbocycles. The first-order valence-corrected chi connectivity index (χ1v) is 9.19. The van der Waals surface area contributed by atoms with E-state index in [9.17, 15) is 4.79 Å². The number of carbonyl (C=O) groups excluding carboxylic acids is 1. The number of amides is 1. The SMILES string of the molecule is CC(C)c1ccccc1-n1ccnc1SCc1ccc(C(N)=O)cc1. The van der Waals surface area contributed by atoms with Gasteiger partial charge < -0.3 is 5.73 Å². The van der Waals surface area contributed by atoms with Crippen LogP contribution in [0.4, 0.5) is 0 Å². The first kappa shape index (κ1) is 17.3. The minimum Gasteiger partial charge on any atom is -0.366 e. The summed E-state index contributed by atoms with van der Waals surface area (Å²) in [4.78, 5) is 15.7. The molecular weight excluding hydrogens is 330 g/mol. The van der Waals surface area contributed by atoms with Gasteiger partial charge >= 0.3 is 0 Å². The zero-order valence-electron chi connectivity index (χ0n) is 14.3. The standard InChI is InChI=1S/C20H21N3OS/c1-14(2)17-5-3-4-6-18(17)23-12-11-22-20(23)25-13-15-7-9-16(10-8-15)19(21)24/h3-12,14H,13H2,1-2H3,(H2,21,24). The fraction of sp³-hybridized carbons (Fsp3) is 0.200. The van der Waals surface area contributed by atoms with Crippen LogP contribution in [-0.4, -0.2) is 15.5 Å². The molecule has 1 heterocycles. The van der Waals surface area contributed by atoms with Gasteiger partial charge in [-0.2, -0.15) is 0 Å². The van der Waals surface area contributed by atoms with Gasteiger partial charge in [-0.3, -0.25) is 9.36 Å². The van der Waals surface area contributed by atoms with Crippen molar-refractivity contribution < 1.29 is 4.79 Å². The van der Waals surface area contributed by atoms with E-state index < -0.39 is 5.91 Å². The van der Waals surface area contributed by atoms with Gasteiger partial charge in [-0.05, 0) is 35.2 Å². The van der Waals surface area contributed by atoms with E-state index >= 15 is 0 Å². The molecule has 0 spiro atoms. The highest BCUT2D eigenvalue weighted by Gasteiger charge is 2.12. The van der Waals surface area contributed by atoms with Crippen molar-refractivity contribution >= 4 is 17.7 Å². The molecule has 0 saturated carbocycles. The van der Waals surface area contributed by atoms with E-state index in [4.69, 9.17) is 5.73 Å². The van der Waals surface area contributed by atoms with E-state index in [1.807, 2.05) is 24.5 Å². The van der Waals surface area contributed by atoms with Crippen LogP contribution in [0.15, 0.2) is 66.1 Å². The summed E-state index contributed by atoms with van der Waals surface area (Å²) in [5, 5.41) is 0.951. The van der Waals surface area contributed by atoms with Gasteiger partial charge in [0, 0.05) is 23.7 Å². The highest BCUT2D eigenvalue weighted by molar-refractivity contribution is 7.98. The fourth-order valence-corrected chi connectivity index (χ4v) is 3.61. The molecule has 0 unspecified atom stereocenters. The second kappa shape index (κ2) is 7.57. The highest BCUT2D eigenvalue weighted by atomic mass is 32.2. The summed E-state index contributed by atoms with van der Waals surface area (Å²) in [6.07, 6.45) is 3.83. The van der Waals surface area contributed by atoms with Gasteiger partial charge in [0.05, 0.1) is 5.69 Å². The lowest BCUT2D eigenvalue weighted by Crippen LogP contribution is -2.10. The maximum absolute atomic E-state index is 11.1. The Morgan fingerprint density at radius 3 is 2.56 bits per heavy atom. The quantitative estimate of drug-likeness (QED) is 0.670. The number of hydrogen-bond donors (Lipinski definition) is 1. The van der Waals surface area contributed by atoms with Gasteiger partial charge in [-0.15, -0.1) is 0 Å². The minimum absolute atomic E-state index is 0.403. The van der Waals surface area contributed by atoms with Crippen molar-refractivity contribution in [1.29, 1.82) is 0 Å². The van der Waals surface area contributed by atoms with E-state index in [1.54, 1.807) is 23.9 Å². The third-order valence-electron chi connectivity index (χ3n) is 4.03. The molecule has 0 bridgehead atoms. The van der Waals surface area contributed by atoms with Crippen LogP contribution in [0.5, 0.6) is 0 Å². The number of thioether (sulfide) groups is 1. The molecule has 0 radical (unpaired) electrons. The largest absolute Gasteiger partial charge is 0.366 e. The Morgan fingerprint density at radius 1 is 1.16 bits per heavy atom. The lowest BCUT2D eigenvalue weighted by Gasteiger charge is -2.15. The number of rotatable bonds is 6. The van der Waals surface area contributed by atoms with Gasteiger partial charge in [-0.1, -0.05) is 55.9 Å². The average Bonchev–Trinajstić information content (AvgIpc) is 3.08. The molecule has 4 nitrogen and oxygen atoms in total. The molecular formula is C20H21N3OS. The monoisotopic (exact) mass is 351 g/mol. The Morgan fingerprint density at radius 2 is 1.88 bits per heavy atom. The van der Waals surface area contributed by atoms with E-state index in [1.165, 1.54) is 11.3 Å². The number of para-hydroxylation sites is 1. The van der Waals surface area contributed by atoms with Crippen LogP contribution >= 0.6 is 11.8 Å². The smallest absolute Gasteiger partial charge is 0.248 e. The lowest BCUT2D eigenvalue weighted by molar-refractivity contribution is 0.100. The van der Waals surface area contributed by atoms with Crippen LogP contribution < -0.4 is 5.73 Å². The maximum Gasteiger partial charge on any atom is 0.248 e. The summed E-state index contributed by atoms with van der Waals surface area (Å²) in [5.41, 5.74) is 9.40. The van der Waals surface area contributed by atoms with Crippen molar-refractivity contribution in [2.24, 2.45) is 5.73 Å². The van der Waals surface area contributed by atoms with Crippen molar-refractivity contribution in [3.05, 3.63) is 77.6 Å². The molecule has 1 amide bonds. The van der Waals surface area contributed by atoms with Crippen LogP contribution in [0.25, 0.3) is 5.69 Å². The third-order valence-corrected chi connectivity index (χ3v) is 5.07. The Hall–Kier alpha value is -2.53. The molecule has 0 aliphatic carbocycles. The van der Waals surface area contributed by atoms with Crippen molar-refractivity contribution in [2.45, 2.75) is 30.7 Å². The molecule has 3 aromatic rings. The molecule has 3 rings (SSSR count). The number of imidazole rings is 1. The Labute approximate surface area is 152 Å². The van der Waals surface area contributed by atoms with Crippen molar-refractivity contribution in [3.63, 3.8) is 0 Å². The van der Waals surface area contributed by atoms with Gasteiger partial charge in [0.1, 0.15) is 0 Å². The maximum atomic E-state index is 11.1. The van der Waals surface area contributed by atoms with E-state index in [2.05, 4.69) is 47.7 Å². The number of aromatic nitrogens is 2. The molecule has 0 aliphatic heterocycles. The summed E-state index contributed by atoms with van der Waals surface area (Å²) in [6.45, 7) is 4.39. The molecule has 1 aromatic heterocycles. The minimum atomic E-state index is -0.403. The zero-order valence-corrected chi connectivity index (χ0v) is 15.2. The number of nitrogens with zero attached hydrogens (tertiary/aromatic N) is 2. The predicted molar refractivity (Wildman–Crippen MR) is 102 cm³/mol. The van der Waals surface area contributed by atoms with Gasteiger partial charge in [0.15, 0.2) is 5.16 Å². The van der Waals surface area contributed by atoms with Gasteiger partial charge in [0.2, 0.25) is 5.91 Å². The van der Waals surface area contributed by atoms with Gasteiger partial charge in [-0.25, -0.2) is 4.98 Å². The van der Waals surface area contributed by atoms with Crippen molar-refractivity contribution in [3.8, 4) is 5.69 Å². The molecule has 0 fully saturated rings. The van der Waals surface area contributed by atoms with Crippen molar-refractivity contribution in [2.75, 3.05) is 0 Å². The molecule has 0 atom stereocenters. The molecule has 25 heavy (non-hydrogen) atoms. The summed E-state index contributed by atoms with van der Waals surface area (Å²) < 4.78 is 2.14. The second-order valence-electron chi connectivity index (χ2n) is 6.14. The lowest BCUT2D eigenvalue weighted by atomic mass is 10.0. The van der Waals surface area contributed by atoms with Crippen molar-refractivity contribution in [1.82, 2.24) is 9.55 Å². The van der Waals surface area contributed by atoms with Crippen LogP contribution in [-0.2, 0) is 5.75 Å². The highest BCUT2D eigenvalue weighted by Crippen LogP contribution is 2.28. The second-order valence-corrected chi connectivity index (χ2v) is 7.09.